The highest BCUT2D eigenvalue weighted by Gasteiger charge is 2.19. The first-order valence-corrected chi connectivity index (χ1v) is 8.49. The Kier molecular flexibility index (Phi) is 4.78. The lowest BCUT2D eigenvalue weighted by molar-refractivity contribution is 0.0945. The highest BCUT2D eigenvalue weighted by Crippen LogP contribution is 2.14. The summed E-state index contributed by atoms with van der Waals surface area (Å²) < 4.78 is 28.2. The largest absolute Gasteiger partial charge is 0.345 e. The van der Waals surface area contributed by atoms with Crippen molar-refractivity contribution in [2.45, 2.75) is 11.3 Å². The molecular weight excluding hydrogens is 312 g/mol. The summed E-state index contributed by atoms with van der Waals surface area (Å²) in [4.78, 5) is 12.6. The first-order chi connectivity index (χ1) is 9.94. The number of rotatable bonds is 6. The highest BCUT2D eigenvalue weighted by molar-refractivity contribution is 7.89. The zero-order valence-corrected chi connectivity index (χ0v) is 13.0. The van der Waals surface area contributed by atoms with Crippen LogP contribution in [0.1, 0.15) is 15.4 Å². The van der Waals surface area contributed by atoms with Gasteiger partial charge in [-0.2, -0.15) is 0 Å². The van der Waals surface area contributed by atoms with Crippen molar-refractivity contribution in [1.29, 1.82) is 0 Å². The van der Waals surface area contributed by atoms with Crippen molar-refractivity contribution >= 4 is 27.3 Å². The summed E-state index contributed by atoms with van der Waals surface area (Å²) >= 11 is 1.58. The van der Waals surface area contributed by atoms with Gasteiger partial charge in [0.2, 0.25) is 10.0 Å². The maximum Gasteiger partial charge on any atom is 0.281 e. The standard InChI is InChI=1S/C12H16N4O3S2/c1-16-8-10(7-11(16)12(17)15-13)21(18,19)14-5-4-9-3-2-6-20-9/h2-3,6-8,14H,4-5,13H2,1H3,(H,15,17). The summed E-state index contributed by atoms with van der Waals surface area (Å²) in [6.45, 7) is 0.302. The Morgan fingerprint density at radius 3 is 2.86 bits per heavy atom. The quantitative estimate of drug-likeness (QED) is 0.400. The van der Waals surface area contributed by atoms with E-state index in [0.29, 0.717) is 13.0 Å². The molecule has 0 bridgehead atoms. The SMILES string of the molecule is Cn1cc(S(=O)(=O)NCCc2cccs2)cc1C(=O)NN. The molecule has 2 heterocycles. The minimum atomic E-state index is -3.64. The van der Waals surface area contributed by atoms with Gasteiger partial charge in [-0.15, -0.1) is 11.3 Å². The van der Waals surface area contributed by atoms with Crippen LogP contribution < -0.4 is 16.0 Å². The summed E-state index contributed by atoms with van der Waals surface area (Å²) in [6.07, 6.45) is 2.00. The molecule has 0 radical (unpaired) electrons. The lowest BCUT2D eigenvalue weighted by Crippen LogP contribution is -2.31. The van der Waals surface area contributed by atoms with Gasteiger partial charge in [0, 0.05) is 24.7 Å². The van der Waals surface area contributed by atoms with Crippen LogP contribution >= 0.6 is 11.3 Å². The molecule has 2 aromatic heterocycles. The van der Waals surface area contributed by atoms with E-state index in [1.165, 1.54) is 16.8 Å². The number of hydrazine groups is 1. The minimum absolute atomic E-state index is 0.0368. The summed E-state index contributed by atoms with van der Waals surface area (Å²) in [5, 5.41) is 1.94. The number of aryl methyl sites for hydroxylation is 1. The van der Waals surface area contributed by atoms with Crippen molar-refractivity contribution in [3.8, 4) is 0 Å². The minimum Gasteiger partial charge on any atom is -0.345 e. The topological polar surface area (TPSA) is 106 Å². The van der Waals surface area contributed by atoms with Crippen molar-refractivity contribution < 1.29 is 13.2 Å². The summed E-state index contributed by atoms with van der Waals surface area (Å²) in [7, 11) is -2.07. The number of carbonyl (C=O) groups is 1. The molecule has 1 amide bonds. The smallest absolute Gasteiger partial charge is 0.281 e. The molecular formula is C12H16N4O3S2. The summed E-state index contributed by atoms with van der Waals surface area (Å²) in [5.74, 6) is 4.50. The molecule has 9 heteroatoms. The van der Waals surface area contributed by atoms with Crippen LogP contribution in [0, 0.1) is 0 Å². The lowest BCUT2D eigenvalue weighted by atomic mass is 10.3. The van der Waals surface area contributed by atoms with Crippen molar-refractivity contribution in [2.24, 2.45) is 12.9 Å². The van der Waals surface area contributed by atoms with Crippen molar-refractivity contribution in [1.82, 2.24) is 14.7 Å². The van der Waals surface area contributed by atoms with E-state index in [1.807, 2.05) is 22.9 Å². The van der Waals surface area contributed by atoms with E-state index < -0.39 is 15.9 Å². The number of nitrogens with one attached hydrogen (secondary N) is 2. The Labute approximate surface area is 126 Å². The Balaban J connectivity index is 2.07. The van der Waals surface area contributed by atoms with Crippen LogP contribution in [0.2, 0.25) is 0 Å². The molecule has 0 atom stereocenters. The van der Waals surface area contributed by atoms with Crippen LogP contribution in [0.5, 0.6) is 0 Å². The van der Waals surface area contributed by atoms with Gasteiger partial charge in [0.15, 0.2) is 0 Å². The molecule has 7 nitrogen and oxygen atoms in total. The molecule has 4 N–H and O–H groups in total. The van der Waals surface area contributed by atoms with E-state index in [9.17, 15) is 13.2 Å². The van der Waals surface area contributed by atoms with Crippen molar-refractivity contribution in [3.05, 3.63) is 40.3 Å². The zero-order chi connectivity index (χ0) is 15.5. The zero-order valence-electron chi connectivity index (χ0n) is 11.4. The molecule has 0 fully saturated rings. The second-order valence-electron chi connectivity index (χ2n) is 4.37. The molecule has 0 saturated heterocycles. The molecule has 2 aromatic rings. The monoisotopic (exact) mass is 328 g/mol. The number of amides is 1. The third kappa shape index (κ3) is 3.70. The van der Waals surface area contributed by atoms with Crippen molar-refractivity contribution in [2.75, 3.05) is 6.54 Å². The molecule has 0 aliphatic carbocycles. The fourth-order valence-corrected chi connectivity index (χ4v) is 3.64. The van der Waals surface area contributed by atoms with E-state index in [1.54, 1.807) is 18.4 Å². The third-order valence-corrected chi connectivity index (χ3v) is 5.26. The molecule has 0 spiro atoms. The van der Waals surface area contributed by atoms with E-state index in [-0.39, 0.29) is 10.6 Å². The number of nitrogens with two attached hydrogens (primary N) is 1. The number of hydrogen-bond donors (Lipinski definition) is 3. The van der Waals surface area contributed by atoms with Crippen LogP contribution in [0.15, 0.2) is 34.7 Å². The Hall–Kier alpha value is -1.68. The first-order valence-electron chi connectivity index (χ1n) is 6.13. The van der Waals surface area contributed by atoms with Gasteiger partial charge in [-0.25, -0.2) is 19.0 Å². The van der Waals surface area contributed by atoms with Gasteiger partial charge < -0.3 is 4.57 Å². The maximum atomic E-state index is 12.2. The fraction of sp³-hybridized carbons (Fsp3) is 0.250. The highest BCUT2D eigenvalue weighted by atomic mass is 32.2. The number of thiophene rings is 1. The van der Waals surface area contributed by atoms with Gasteiger partial charge in [0.05, 0.1) is 0 Å². The molecule has 0 aliphatic rings. The van der Waals surface area contributed by atoms with E-state index in [4.69, 9.17) is 5.84 Å². The maximum absolute atomic E-state index is 12.2. The molecule has 114 valence electrons. The van der Waals surface area contributed by atoms with Gasteiger partial charge >= 0.3 is 0 Å². The third-order valence-electron chi connectivity index (χ3n) is 2.90. The number of nitrogens with zero attached hydrogens (tertiary/aromatic N) is 1. The predicted molar refractivity (Wildman–Crippen MR) is 80.3 cm³/mol. The van der Waals surface area contributed by atoms with Crippen LogP contribution in [0.4, 0.5) is 0 Å². The van der Waals surface area contributed by atoms with Crippen LogP contribution in [-0.2, 0) is 23.5 Å². The fourth-order valence-electron chi connectivity index (χ4n) is 1.83. The number of nitrogen functional groups attached to an aromatic ring is 1. The van der Waals surface area contributed by atoms with E-state index >= 15 is 0 Å². The molecule has 0 saturated carbocycles. The van der Waals surface area contributed by atoms with Crippen LogP contribution in [0.3, 0.4) is 0 Å². The Morgan fingerprint density at radius 2 is 2.24 bits per heavy atom. The van der Waals surface area contributed by atoms with Crippen molar-refractivity contribution in [3.63, 3.8) is 0 Å². The first kappa shape index (κ1) is 15.7. The Bertz CT molecular complexity index is 720. The number of hydrogen-bond acceptors (Lipinski definition) is 5. The van der Waals surface area contributed by atoms with Gasteiger partial charge in [0.25, 0.3) is 5.91 Å². The molecule has 0 unspecified atom stereocenters. The molecule has 21 heavy (non-hydrogen) atoms. The normalized spacial score (nSPS) is 11.5. The van der Waals surface area contributed by atoms with E-state index in [0.717, 1.165) is 4.88 Å². The van der Waals surface area contributed by atoms with Crippen LogP contribution in [-0.4, -0.2) is 25.4 Å². The molecule has 2 rings (SSSR count). The second-order valence-corrected chi connectivity index (χ2v) is 7.17. The summed E-state index contributed by atoms with van der Waals surface area (Å²) in [5.41, 5.74) is 2.15. The second kappa shape index (κ2) is 6.39. The van der Waals surface area contributed by atoms with E-state index in [2.05, 4.69) is 4.72 Å². The van der Waals surface area contributed by atoms with Gasteiger partial charge in [0.1, 0.15) is 10.6 Å². The number of carbonyl (C=O) groups excluding carboxylic acids is 1. The molecule has 0 aliphatic heterocycles. The summed E-state index contributed by atoms with van der Waals surface area (Å²) in [6, 6.07) is 5.16. The predicted octanol–water partition coefficient (Wildman–Crippen LogP) is 0.211. The Morgan fingerprint density at radius 1 is 1.48 bits per heavy atom. The average molecular weight is 328 g/mol. The van der Waals surface area contributed by atoms with Gasteiger partial charge in [-0.3, -0.25) is 10.2 Å². The van der Waals surface area contributed by atoms with Gasteiger partial charge in [-0.05, 0) is 23.9 Å². The lowest BCUT2D eigenvalue weighted by Gasteiger charge is -2.03. The average Bonchev–Trinajstić information content (AvgIpc) is 3.07. The number of sulfonamides is 1. The molecule has 0 aromatic carbocycles. The number of aromatic nitrogens is 1. The van der Waals surface area contributed by atoms with Gasteiger partial charge in [-0.1, -0.05) is 6.07 Å². The van der Waals surface area contributed by atoms with Crippen LogP contribution in [0.25, 0.3) is 0 Å².